The molecule has 1 N–H and O–H groups in total. The minimum Gasteiger partial charge on any atom is -0.247 e. The zero-order valence-corrected chi connectivity index (χ0v) is 8.95. The van der Waals surface area contributed by atoms with E-state index < -0.39 is 0 Å². The average Bonchev–Trinajstić information content (AvgIpc) is 2.49. The topological polar surface area (TPSA) is 63.6 Å². The number of H-pyrrole nitrogens is 1. The normalized spacial score (nSPS) is 10.4. The molecule has 14 heavy (non-hydrogen) atoms. The molecule has 0 aliphatic heterocycles. The summed E-state index contributed by atoms with van der Waals surface area (Å²) >= 11 is 3.22. The van der Waals surface area contributed by atoms with E-state index >= 15 is 0 Å². The molecule has 0 atom stereocenters. The van der Waals surface area contributed by atoms with E-state index in [0.717, 1.165) is 4.60 Å². The van der Waals surface area contributed by atoms with Crippen LogP contribution in [-0.2, 0) is 0 Å². The Bertz CT molecular complexity index is 499. The van der Waals surface area contributed by atoms with Crippen molar-refractivity contribution >= 4 is 15.9 Å². The Morgan fingerprint density at radius 3 is 2.79 bits per heavy atom. The number of nitrogens with zero attached hydrogens (tertiary/aromatic N) is 3. The van der Waals surface area contributed by atoms with E-state index in [2.05, 4.69) is 31.1 Å². The molecule has 0 aliphatic rings. The molecule has 0 unspecified atom stereocenters. The van der Waals surface area contributed by atoms with Crippen LogP contribution in [0.25, 0.3) is 5.69 Å². The lowest BCUT2D eigenvalue weighted by atomic mass is 10.4. The summed E-state index contributed by atoms with van der Waals surface area (Å²) in [6, 6.07) is 3.56. The SMILES string of the molecule is Cc1n[nH]c(=O)n1-c1ccc(Br)nc1. The van der Waals surface area contributed by atoms with Crippen LogP contribution >= 0.6 is 15.9 Å². The Morgan fingerprint density at radius 2 is 2.29 bits per heavy atom. The van der Waals surface area contributed by atoms with Gasteiger partial charge in [-0.1, -0.05) is 0 Å². The molecule has 0 spiro atoms. The summed E-state index contributed by atoms with van der Waals surface area (Å²) in [4.78, 5) is 15.4. The summed E-state index contributed by atoms with van der Waals surface area (Å²) in [6.45, 7) is 1.75. The summed E-state index contributed by atoms with van der Waals surface area (Å²) in [5.41, 5.74) is 0.441. The van der Waals surface area contributed by atoms with E-state index in [1.54, 1.807) is 25.3 Å². The zero-order chi connectivity index (χ0) is 10.1. The van der Waals surface area contributed by atoms with Crippen molar-refractivity contribution < 1.29 is 0 Å². The van der Waals surface area contributed by atoms with Crippen molar-refractivity contribution in [2.24, 2.45) is 0 Å². The minimum atomic E-state index is -0.258. The van der Waals surface area contributed by atoms with Gasteiger partial charge in [0.05, 0.1) is 11.9 Å². The predicted molar refractivity (Wildman–Crippen MR) is 54.4 cm³/mol. The molecule has 0 amide bonds. The van der Waals surface area contributed by atoms with Gasteiger partial charge in [-0.2, -0.15) is 5.10 Å². The van der Waals surface area contributed by atoms with Crippen LogP contribution in [0, 0.1) is 6.92 Å². The highest BCUT2D eigenvalue weighted by Crippen LogP contribution is 2.09. The van der Waals surface area contributed by atoms with Crippen LogP contribution in [0.5, 0.6) is 0 Å². The third-order valence-electron chi connectivity index (χ3n) is 1.81. The second kappa shape index (κ2) is 3.38. The highest BCUT2D eigenvalue weighted by Gasteiger charge is 2.05. The van der Waals surface area contributed by atoms with Gasteiger partial charge in [0.25, 0.3) is 0 Å². The summed E-state index contributed by atoms with van der Waals surface area (Å²) in [5, 5.41) is 6.17. The first-order valence-electron chi connectivity index (χ1n) is 3.94. The molecule has 0 aromatic carbocycles. The number of aromatic amines is 1. The zero-order valence-electron chi connectivity index (χ0n) is 7.36. The van der Waals surface area contributed by atoms with Gasteiger partial charge in [-0.05, 0) is 35.0 Å². The lowest BCUT2D eigenvalue weighted by molar-refractivity contribution is 0.933. The van der Waals surface area contributed by atoms with Crippen molar-refractivity contribution in [1.29, 1.82) is 0 Å². The van der Waals surface area contributed by atoms with Gasteiger partial charge >= 0.3 is 5.69 Å². The van der Waals surface area contributed by atoms with Crippen molar-refractivity contribution in [2.75, 3.05) is 0 Å². The standard InChI is InChI=1S/C8H7BrN4O/c1-5-11-12-8(14)13(5)6-2-3-7(9)10-4-6/h2-4H,1H3,(H,12,14). The second-order valence-electron chi connectivity index (χ2n) is 2.75. The molecule has 2 rings (SSSR count). The molecular formula is C8H7BrN4O. The van der Waals surface area contributed by atoms with Gasteiger partial charge in [0.2, 0.25) is 0 Å². The van der Waals surface area contributed by atoms with E-state index in [9.17, 15) is 4.79 Å². The van der Waals surface area contributed by atoms with Crippen molar-refractivity contribution in [3.8, 4) is 5.69 Å². The molecule has 0 fully saturated rings. The van der Waals surface area contributed by atoms with Crippen molar-refractivity contribution in [2.45, 2.75) is 6.92 Å². The Labute approximate surface area is 87.9 Å². The van der Waals surface area contributed by atoms with Gasteiger partial charge in [0.15, 0.2) is 0 Å². The minimum absolute atomic E-state index is 0.258. The molecular weight excluding hydrogens is 248 g/mol. The van der Waals surface area contributed by atoms with E-state index in [4.69, 9.17) is 0 Å². The van der Waals surface area contributed by atoms with Gasteiger partial charge in [0, 0.05) is 0 Å². The van der Waals surface area contributed by atoms with E-state index in [1.807, 2.05) is 0 Å². The Kier molecular flexibility index (Phi) is 2.20. The molecule has 5 nitrogen and oxygen atoms in total. The molecule has 0 saturated carbocycles. The maximum Gasteiger partial charge on any atom is 0.347 e. The van der Waals surface area contributed by atoms with Gasteiger partial charge in [-0.3, -0.25) is 0 Å². The lowest BCUT2D eigenvalue weighted by Crippen LogP contribution is -2.15. The molecule has 2 aromatic heterocycles. The molecule has 72 valence electrons. The monoisotopic (exact) mass is 254 g/mol. The number of rotatable bonds is 1. The fourth-order valence-corrected chi connectivity index (χ4v) is 1.41. The predicted octanol–water partition coefficient (Wildman–Crippen LogP) is 1.03. The van der Waals surface area contributed by atoms with E-state index in [0.29, 0.717) is 11.5 Å². The first kappa shape index (κ1) is 9.14. The van der Waals surface area contributed by atoms with Crippen molar-refractivity contribution in [1.82, 2.24) is 19.7 Å². The van der Waals surface area contributed by atoms with Crippen LogP contribution in [0.2, 0.25) is 0 Å². The van der Waals surface area contributed by atoms with Crippen LogP contribution in [0.3, 0.4) is 0 Å². The number of hydrogen-bond donors (Lipinski definition) is 1. The summed E-state index contributed by atoms with van der Waals surface area (Å²) in [5.74, 6) is 0.610. The number of pyridine rings is 1. The molecule has 0 bridgehead atoms. The molecule has 0 saturated heterocycles. The van der Waals surface area contributed by atoms with Crippen molar-refractivity contribution in [3.63, 3.8) is 0 Å². The maximum atomic E-state index is 11.3. The fraction of sp³-hybridized carbons (Fsp3) is 0.125. The number of nitrogens with one attached hydrogen (secondary N) is 1. The summed E-state index contributed by atoms with van der Waals surface area (Å²) < 4.78 is 2.19. The molecule has 0 radical (unpaired) electrons. The molecule has 2 aromatic rings. The Morgan fingerprint density at radius 1 is 1.50 bits per heavy atom. The molecule has 2 heterocycles. The Hall–Kier alpha value is -1.43. The van der Waals surface area contributed by atoms with Crippen LogP contribution in [-0.4, -0.2) is 19.7 Å². The van der Waals surface area contributed by atoms with Gasteiger partial charge in [0.1, 0.15) is 10.4 Å². The van der Waals surface area contributed by atoms with Crippen LogP contribution in [0.15, 0.2) is 27.7 Å². The quantitative estimate of drug-likeness (QED) is 0.774. The second-order valence-corrected chi connectivity index (χ2v) is 3.56. The number of hydrogen-bond acceptors (Lipinski definition) is 3. The average molecular weight is 255 g/mol. The van der Waals surface area contributed by atoms with Crippen LogP contribution < -0.4 is 5.69 Å². The molecule has 0 aliphatic carbocycles. The highest BCUT2D eigenvalue weighted by atomic mass is 79.9. The lowest BCUT2D eigenvalue weighted by Gasteiger charge is -2.00. The fourth-order valence-electron chi connectivity index (χ4n) is 1.18. The third kappa shape index (κ3) is 1.48. The van der Waals surface area contributed by atoms with Crippen molar-refractivity contribution in [3.05, 3.63) is 39.2 Å². The smallest absolute Gasteiger partial charge is 0.247 e. The first-order chi connectivity index (χ1) is 6.68. The Balaban J connectivity index is 2.60. The van der Waals surface area contributed by atoms with Gasteiger partial charge in [-0.15, -0.1) is 0 Å². The number of aromatic nitrogens is 4. The van der Waals surface area contributed by atoms with Crippen LogP contribution in [0.1, 0.15) is 5.82 Å². The number of aryl methyl sites for hydroxylation is 1. The van der Waals surface area contributed by atoms with E-state index in [1.165, 1.54) is 4.57 Å². The van der Waals surface area contributed by atoms with Gasteiger partial charge < -0.3 is 0 Å². The number of halogens is 1. The van der Waals surface area contributed by atoms with E-state index in [-0.39, 0.29) is 5.69 Å². The summed E-state index contributed by atoms with van der Waals surface area (Å²) in [6.07, 6.45) is 1.61. The first-order valence-corrected chi connectivity index (χ1v) is 4.74. The van der Waals surface area contributed by atoms with Gasteiger partial charge in [-0.25, -0.2) is 19.4 Å². The highest BCUT2D eigenvalue weighted by molar-refractivity contribution is 9.10. The maximum absolute atomic E-state index is 11.3. The summed E-state index contributed by atoms with van der Waals surface area (Å²) in [7, 11) is 0. The van der Waals surface area contributed by atoms with Crippen LogP contribution in [0.4, 0.5) is 0 Å². The third-order valence-corrected chi connectivity index (χ3v) is 2.28. The molecule has 6 heteroatoms. The largest absolute Gasteiger partial charge is 0.347 e.